The van der Waals surface area contributed by atoms with Crippen LogP contribution in [0.15, 0.2) is 53.4 Å². The fourth-order valence-corrected chi connectivity index (χ4v) is 8.72. The average molecular weight is 676 g/mol. The number of hydrogen-bond donors (Lipinski definition) is 1. The maximum absolute atomic E-state index is 14.1. The van der Waals surface area contributed by atoms with Gasteiger partial charge in [0.25, 0.3) is 5.69 Å². The molecule has 0 bridgehead atoms. The standard InChI is InChI=1S/C33H46ClN5O6S/c1-22(2)15-25(16-23(3)4)35-32(41)24-17-26(19-36(18-24)46(44,45)30-14-10-9-13-29(30)39(42)43)38-20-31(40)37(21-33(38,5)6)28-12-8-7-11-27(28)34/h7-14,22-26H,15-21H2,1-6H3,(H,35,41)/t24-,26+/m0/s1. The maximum atomic E-state index is 14.1. The molecule has 0 unspecified atom stereocenters. The smallest absolute Gasteiger partial charge is 0.289 e. The van der Waals surface area contributed by atoms with Crippen LogP contribution in [-0.4, -0.2) is 78.2 Å². The minimum atomic E-state index is -4.38. The lowest BCUT2D eigenvalue weighted by atomic mass is 9.88. The van der Waals surface area contributed by atoms with Crippen LogP contribution in [0.3, 0.4) is 0 Å². The normalized spacial score (nSPS) is 21.3. The highest BCUT2D eigenvalue weighted by molar-refractivity contribution is 7.89. The molecule has 4 rings (SSSR count). The van der Waals surface area contributed by atoms with Crippen molar-refractivity contribution in [2.45, 2.75) is 83.3 Å². The molecule has 2 saturated heterocycles. The number of nitrogens with zero attached hydrogens (tertiary/aromatic N) is 4. The molecule has 2 heterocycles. The summed E-state index contributed by atoms with van der Waals surface area (Å²) in [5.74, 6) is -0.482. The van der Waals surface area contributed by atoms with Crippen LogP contribution in [0.4, 0.5) is 11.4 Å². The zero-order chi connectivity index (χ0) is 34.0. The van der Waals surface area contributed by atoms with E-state index in [4.69, 9.17) is 11.6 Å². The van der Waals surface area contributed by atoms with Crippen LogP contribution in [0.2, 0.25) is 5.02 Å². The number of para-hydroxylation sites is 2. The largest absolute Gasteiger partial charge is 0.353 e. The van der Waals surface area contributed by atoms with Crippen LogP contribution < -0.4 is 10.2 Å². The van der Waals surface area contributed by atoms with Crippen LogP contribution in [-0.2, 0) is 19.6 Å². The molecule has 2 aromatic carbocycles. The molecule has 2 aliphatic rings. The highest BCUT2D eigenvalue weighted by Crippen LogP contribution is 2.37. The van der Waals surface area contributed by atoms with Crippen LogP contribution in [0.5, 0.6) is 0 Å². The zero-order valence-corrected chi connectivity index (χ0v) is 29.1. The number of anilines is 1. The van der Waals surface area contributed by atoms with Crippen LogP contribution in [0.25, 0.3) is 0 Å². The van der Waals surface area contributed by atoms with Gasteiger partial charge in [-0.25, -0.2) is 8.42 Å². The number of benzene rings is 2. The SMILES string of the molecule is CC(C)CC(CC(C)C)NC(=O)[C@H]1C[C@@H](N2CC(=O)N(c3ccccc3Cl)CC2(C)C)CN(S(=O)(=O)c2ccccc2[N+](=O)[O-])C1. The summed E-state index contributed by atoms with van der Waals surface area (Å²) in [7, 11) is -4.38. The number of amides is 2. The number of nitrogens with one attached hydrogen (secondary N) is 1. The van der Waals surface area contributed by atoms with Crippen molar-refractivity contribution in [1.82, 2.24) is 14.5 Å². The molecular weight excluding hydrogens is 630 g/mol. The van der Waals surface area contributed by atoms with E-state index in [1.54, 1.807) is 23.1 Å². The Morgan fingerprint density at radius 2 is 1.65 bits per heavy atom. The Labute approximate surface area is 277 Å². The van der Waals surface area contributed by atoms with E-state index in [-0.39, 0.29) is 37.5 Å². The Morgan fingerprint density at radius 1 is 1.04 bits per heavy atom. The Kier molecular flexibility index (Phi) is 11.2. The van der Waals surface area contributed by atoms with Gasteiger partial charge in [-0.1, -0.05) is 63.6 Å². The summed E-state index contributed by atoms with van der Waals surface area (Å²) in [6.45, 7) is 12.5. The van der Waals surface area contributed by atoms with Gasteiger partial charge in [-0.15, -0.1) is 0 Å². The first-order valence-electron chi connectivity index (χ1n) is 15.9. The summed E-state index contributed by atoms with van der Waals surface area (Å²) in [6, 6.07) is 11.8. The van der Waals surface area contributed by atoms with Crippen molar-refractivity contribution in [2.75, 3.05) is 31.1 Å². The van der Waals surface area contributed by atoms with Crippen molar-refractivity contribution >= 4 is 44.8 Å². The number of piperazine rings is 1. The van der Waals surface area contributed by atoms with Gasteiger partial charge in [-0.05, 0) is 63.1 Å². The van der Waals surface area contributed by atoms with E-state index in [1.807, 2.05) is 24.8 Å². The van der Waals surface area contributed by atoms with Gasteiger partial charge in [-0.3, -0.25) is 24.6 Å². The number of rotatable bonds is 11. The first-order valence-corrected chi connectivity index (χ1v) is 17.7. The van der Waals surface area contributed by atoms with E-state index in [2.05, 4.69) is 33.0 Å². The second-order valence-electron chi connectivity index (χ2n) is 14.0. The number of piperidine rings is 1. The molecule has 2 fully saturated rings. The summed E-state index contributed by atoms with van der Waals surface area (Å²) >= 11 is 6.45. The van der Waals surface area contributed by atoms with Gasteiger partial charge in [0, 0.05) is 43.3 Å². The third kappa shape index (κ3) is 8.07. The second kappa shape index (κ2) is 14.4. The highest BCUT2D eigenvalue weighted by atomic mass is 35.5. The second-order valence-corrected chi connectivity index (χ2v) is 16.3. The van der Waals surface area contributed by atoms with Gasteiger partial charge in [0.2, 0.25) is 21.8 Å². The van der Waals surface area contributed by atoms with E-state index in [0.717, 1.165) is 18.9 Å². The van der Waals surface area contributed by atoms with Crippen LogP contribution in [0.1, 0.15) is 60.8 Å². The number of carbonyl (C=O) groups is 2. The third-order valence-electron chi connectivity index (χ3n) is 8.82. The molecule has 0 spiro atoms. The van der Waals surface area contributed by atoms with E-state index >= 15 is 0 Å². The van der Waals surface area contributed by atoms with E-state index in [9.17, 15) is 28.1 Å². The summed E-state index contributed by atoms with van der Waals surface area (Å²) < 4.78 is 29.4. The minimum absolute atomic E-state index is 0.0140. The van der Waals surface area contributed by atoms with Gasteiger partial charge >= 0.3 is 0 Å². The molecule has 252 valence electrons. The molecule has 2 aromatic rings. The van der Waals surface area contributed by atoms with Gasteiger partial charge in [0.15, 0.2) is 4.90 Å². The molecule has 46 heavy (non-hydrogen) atoms. The Balaban J connectivity index is 1.69. The van der Waals surface area contributed by atoms with Crippen molar-refractivity contribution in [3.05, 3.63) is 63.7 Å². The Bertz CT molecular complexity index is 1540. The highest BCUT2D eigenvalue weighted by Gasteiger charge is 2.48. The summed E-state index contributed by atoms with van der Waals surface area (Å²) in [4.78, 5) is 41.9. The van der Waals surface area contributed by atoms with Gasteiger partial charge in [0.05, 0.1) is 28.1 Å². The summed E-state index contributed by atoms with van der Waals surface area (Å²) in [5.41, 5.74) is -0.546. The lowest BCUT2D eigenvalue weighted by Gasteiger charge is -2.52. The molecule has 13 heteroatoms. The summed E-state index contributed by atoms with van der Waals surface area (Å²) in [6.07, 6.45) is 1.89. The average Bonchev–Trinajstić information content (AvgIpc) is 2.97. The molecule has 1 N–H and O–H groups in total. The summed E-state index contributed by atoms with van der Waals surface area (Å²) in [5, 5.41) is 15.5. The molecule has 2 amide bonds. The Hall–Kier alpha value is -3.06. The van der Waals surface area contributed by atoms with Crippen molar-refractivity contribution in [1.29, 1.82) is 0 Å². The maximum Gasteiger partial charge on any atom is 0.289 e. The number of halogens is 1. The van der Waals surface area contributed by atoms with Gasteiger partial charge < -0.3 is 10.2 Å². The first-order chi connectivity index (χ1) is 21.5. The number of sulfonamides is 1. The Morgan fingerprint density at radius 3 is 2.26 bits per heavy atom. The van der Waals surface area contributed by atoms with Crippen LogP contribution in [0, 0.1) is 27.9 Å². The molecule has 0 saturated carbocycles. The van der Waals surface area contributed by atoms with Crippen molar-refractivity contribution in [2.24, 2.45) is 17.8 Å². The van der Waals surface area contributed by atoms with E-state index in [1.165, 1.54) is 22.5 Å². The number of carbonyl (C=O) groups excluding carboxylic acids is 2. The minimum Gasteiger partial charge on any atom is -0.353 e. The predicted octanol–water partition coefficient (Wildman–Crippen LogP) is 5.33. The van der Waals surface area contributed by atoms with Crippen molar-refractivity contribution in [3.8, 4) is 0 Å². The molecule has 0 aliphatic carbocycles. The predicted molar refractivity (Wildman–Crippen MR) is 179 cm³/mol. The lowest BCUT2D eigenvalue weighted by molar-refractivity contribution is -0.387. The first kappa shape index (κ1) is 35.8. The van der Waals surface area contributed by atoms with Crippen molar-refractivity contribution in [3.63, 3.8) is 0 Å². The fourth-order valence-electron chi connectivity index (χ4n) is 6.81. The van der Waals surface area contributed by atoms with E-state index in [0.29, 0.717) is 35.5 Å². The molecule has 2 atom stereocenters. The molecule has 0 radical (unpaired) electrons. The zero-order valence-electron chi connectivity index (χ0n) is 27.5. The van der Waals surface area contributed by atoms with Gasteiger partial charge in [-0.2, -0.15) is 4.31 Å². The molecule has 2 aliphatic heterocycles. The van der Waals surface area contributed by atoms with Crippen molar-refractivity contribution < 1.29 is 22.9 Å². The quantitative estimate of drug-likeness (QED) is 0.251. The number of nitro benzene ring substituents is 1. The monoisotopic (exact) mass is 675 g/mol. The van der Waals surface area contributed by atoms with Gasteiger partial charge in [0.1, 0.15) is 0 Å². The van der Waals surface area contributed by atoms with E-state index < -0.39 is 43.0 Å². The number of hydrogen-bond acceptors (Lipinski definition) is 7. The molecular formula is C33H46ClN5O6S. The molecule has 0 aromatic heterocycles. The number of nitro groups is 1. The van der Waals surface area contributed by atoms with Crippen LogP contribution >= 0.6 is 11.6 Å². The third-order valence-corrected chi connectivity index (χ3v) is 11.0. The lowest BCUT2D eigenvalue weighted by Crippen LogP contribution is -2.68. The fraction of sp³-hybridized carbons (Fsp3) is 0.576. The topological polar surface area (TPSA) is 133 Å². The molecule has 11 nitrogen and oxygen atoms in total.